The lowest BCUT2D eigenvalue weighted by Gasteiger charge is -2.12. The molecule has 0 saturated carbocycles. The number of benzene rings is 2. The van der Waals surface area contributed by atoms with E-state index in [2.05, 4.69) is 26.2 Å². The summed E-state index contributed by atoms with van der Waals surface area (Å²) in [5, 5.41) is 5.00. The number of carbonyl (C=O) groups excluding carboxylic acids is 2. The lowest BCUT2D eigenvalue weighted by atomic mass is 10.2. The van der Waals surface area contributed by atoms with Gasteiger partial charge in [-0.25, -0.2) is 9.78 Å². The molecule has 3 rings (SSSR count). The molecule has 7 heteroatoms. The Labute approximate surface area is 163 Å². The van der Waals surface area contributed by atoms with Crippen LogP contribution in [0.3, 0.4) is 0 Å². The molecule has 1 heterocycles. The number of rotatable bonds is 5. The fourth-order valence-corrected chi connectivity index (χ4v) is 3.30. The maximum atomic E-state index is 12.3. The third kappa shape index (κ3) is 4.56. The lowest BCUT2D eigenvalue weighted by molar-refractivity contribution is -0.123. The number of anilines is 1. The van der Waals surface area contributed by atoms with Crippen molar-refractivity contribution in [1.29, 1.82) is 0 Å². The van der Waals surface area contributed by atoms with Gasteiger partial charge in [-0.05, 0) is 25.1 Å². The second kappa shape index (κ2) is 8.25. The number of ether oxygens (including phenoxy) is 1. The fraction of sp³-hybridized carbons (Fsp3) is 0.105. The van der Waals surface area contributed by atoms with E-state index >= 15 is 0 Å². The van der Waals surface area contributed by atoms with E-state index in [-0.39, 0.29) is 0 Å². The predicted octanol–water partition coefficient (Wildman–Crippen LogP) is 4.76. The molecule has 1 aromatic heterocycles. The summed E-state index contributed by atoms with van der Waals surface area (Å²) in [6, 6.07) is 16.5. The van der Waals surface area contributed by atoms with Crippen LogP contribution in [0.25, 0.3) is 11.3 Å². The summed E-state index contributed by atoms with van der Waals surface area (Å²) in [5.41, 5.74) is 2.13. The molecule has 1 amide bonds. The maximum Gasteiger partial charge on any atom is 0.338 e. The second-order valence-electron chi connectivity index (χ2n) is 5.45. The molecule has 0 saturated heterocycles. The molecule has 26 heavy (non-hydrogen) atoms. The van der Waals surface area contributed by atoms with Crippen molar-refractivity contribution in [3.05, 3.63) is 70.0 Å². The molecular weight excluding hydrogens is 416 g/mol. The average Bonchev–Trinajstić information content (AvgIpc) is 3.11. The fourth-order valence-electron chi connectivity index (χ4n) is 2.18. The molecule has 0 aliphatic heterocycles. The van der Waals surface area contributed by atoms with Crippen molar-refractivity contribution in [2.24, 2.45) is 0 Å². The third-order valence-electron chi connectivity index (χ3n) is 3.52. The van der Waals surface area contributed by atoms with E-state index in [4.69, 9.17) is 4.74 Å². The molecular formula is C19H15BrN2O3S. The van der Waals surface area contributed by atoms with Gasteiger partial charge in [0.05, 0.1) is 11.3 Å². The van der Waals surface area contributed by atoms with Crippen LogP contribution >= 0.6 is 27.3 Å². The van der Waals surface area contributed by atoms with Crippen LogP contribution in [0.5, 0.6) is 0 Å². The highest BCUT2D eigenvalue weighted by atomic mass is 79.9. The van der Waals surface area contributed by atoms with Crippen molar-refractivity contribution in [2.75, 3.05) is 5.32 Å². The van der Waals surface area contributed by atoms with Crippen LogP contribution in [0.15, 0.2) is 64.5 Å². The number of nitrogens with zero attached hydrogens (tertiary/aromatic N) is 1. The first kappa shape index (κ1) is 18.3. The van der Waals surface area contributed by atoms with Crippen LogP contribution < -0.4 is 5.32 Å². The molecule has 0 bridgehead atoms. The van der Waals surface area contributed by atoms with Crippen LogP contribution in [0, 0.1) is 0 Å². The van der Waals surface area contributed by atoms with Crippen LogP contribution in [-0.4, -0.2) is 23.0 Å². The largest absolute Gasteiger partial charge is 0.449 e. The van der Waals surface area contributed by atoms with Crippen molar-refractivity contribution < 1.29 is 14.3 Å². The van der Waals surface area contributed by atoms with E-state index < -0.39 is 18.0 Å². The van der Waals surface area contributed by atoms with E-state index in [9.17, 15) is 9.59 Å². The third-order valence-corrected chi connectivity index (χ3v) is 4.77. The summed E-state index contributed by atoms with van der Waals surface area (Å²) in [5.74, 6) is -0.986. The molecule has 0 radical (unpaired) electrons. The van der Waals surface area contributed by atoms with Gasteiger partial charge in [-0.1, -0.05) is 52.3 Å². The highest BCUT2D eigenvalue weighted by Crippen LogP contribution is 2.24. The van der Waals surface area contributed by atoms with E-state index in [0.29, 0.717) is 10.7 Å². The van der Waals surface area contributed by atoms with Crippen LogP contribution in [0.1, 0.15) is 17.3 Å². The van der Waals surface area contributed by atoms with Gasteiger partial charge in [0.2, 0.25) is 0 Å². The van der Waals surface area contributed by atoms with Gasteiger partial charge >= 0.3 is 5.97 Å². The van der Waals surface area contributed by atoms with Crippen molar-refractivity contribution in [3.8, 4) is 11.3 Å². The number of carbonyl (C=O) groups is 2. The number of esters is 1. The Morgan fingerprint density at radius 2 is 1.92 bits per heavy atom. The molecule has 5 nitrogen and oxygen atoms in total. The number of thiazole rings is 1. The quantitative estimate of drug-likeness (QED) is 0.592. The van der Waals surface area contributed by atoms with Crippen LogP contribution in [-0.2, 0) is 9.53 Å². The Bertz CT molecular complexity index is 927. The molecule has 0 fully saturated rings. The molecule has 2 aromatic carbocycles. The SMILES string of the molecule is CC(OC(=O)c1cccc(Br)c1)C(=O)Nc1nc(-c2ccccc2)cs1. The number of nitrogens with one attached hydrogen (secondary N) is 1. The van der Waals surface area contributed by atoms with E-state index in [1.807, 2.05) is 35.7 Å². The summed E-state index contributed by atoms with van der Waals surface area (Å²) in [7, 11) is 0. The van der Waals surface area contributed by atoms with Gasteiger partial charge in [0, 0.05) is 15.4 Å². The first-order chi connectivity index (χ1) is 12.5. The molecule has 0 aliphatic rings. The Hall–Kier alpha value is -2.51. The summed E-state index contributed by atoms with van der Waals surface area (Å²) in [6.45, 7) is 1.52. The average molecular weight is 431 g/mol. The first-order valence-electron chi connectivity index (χ1n) is 7.81. The summed E-state index contributed by atoms with van der Waals surface area (Å²) in [4.78, 5) is 28.8. The smallest absolute Gasteiger partial charge is 0.338 e. The first-order valence-corrected chi connectivity index (χ1v) is 9.48. The topological polar surface area (TPSA) is 68.3 Å². The molecule has 0 aliphatic carbocycles. The van der Waals surface area contributed by atoms with E-state index in [1.165, 1.54) is 18.3 Å². The number of aromatic nitrogens is 1. The zero-order chi connectivity index (χ0) is 18.5. The number of hydrogen-bond acceptors (Lipinski definition) is 5. The summed E-state index contributed by atoms with van der Waals surface area (Å²) in [6.07, 6.45) is -0.939. The van der Waals surface area contributed by atoms with Gasteiger partial charge in [-0.15, -0.1) is 11.3 Å². The summed E-state index contributed by atoms with van der Waals surface area (Å²) < 4.78 is 5.99. The molecule has 1 unspecified atom stereocenters. The molecule has 1 N–H and O–H groups in total. The zero-order valence-electron chi connectivity index (χ0n) is 13.8. The second-order valence-corrected chi connectivity index (χ2v) is 7.22. The minimum atomic E-state index is -0.939. The normalized spacial score (nSPS) is 11.6. The summed E-state index contributed by atoms with van der Waals surface area (Å²) >= 11 is 4.62. The standard InChI is InChI=1S/C19H15BrN2O3S/c1-12(25-18(24)14-8-5-9-15(20)10-14)17(23)22-19-21-16(11-26-19)13-6-3-2-4-7-13/h2-12H,1H3,(H,21,22,23). The lowest BCUT2D eigenvalue weighted by Crippen LogP contribution is -2.29. The number of hydrogen-bond donors (Lipinski definition) is 1. The van der Waals surface area contributed by atoms with Gasteiger partial charge in [-0.3, -0.25) is 10.1 Å². The molecule has 1 atom stereocenters. The zero-order valence-corrected chi connectivity index (χ0v) is 16.2. The van der Waals surface area contributed by atoms with Gasteiger partial charge in [-0.2, -0.15) is 0 Å². The minimum Gasteiger partial charge on any atom is -0.449 e. The van der Waals surface area contributed by atoms with Crippen molar-refractivity contribution in [1.82, 2.24) is 4.98 Å². The van der Waals surface area contributed by atoms with Gasteiger partial charge in [0.1, 0.15) is 0 Å². The Kier molecular flexibility index (Phi) is 5.80. The van der Waals surface area contributed by atoms with E-state index in [1.54, 1.807) is 24.3 Å². The number of amides is 1. The Morgan fingerprint density at radius 3 is 2.65 bits per heavy atom. The Balaban J connectivity index is 1.61. The monoisotopic (exact) mass is 430 g/mol. The highest BCUT2D eigenvalue weighted by Gasteiger charge is 2.20. The minimum absolute atomic E-state index is 0.375. The molecule has 3 aromatic rings. The van der Waals surface area contributed by atoms with Crippen LogP contribution in [0.4, 0.5) is 5.13 Å². The Morgan fingerprint density at radius 1 is 1.15 bits per heavy atom. The number of halogens is 1. The van der Waals surface area contributed by atoms with Gasteiger partial charge in [0.25, 0.3) is 5.91 Å². The van der Waals surface area contributed by atoms with E-state index in [0.717, 1.165) is 15.7 Å². The highest BCUT2D eigenvalue weighted by molar-refractivity contribution is 9.10. The van der Waals surface area contributed by atoms with Crippen molar-refractivity contribution >= 4 is 44.3 Å². The van der Waals surface area contributed by atoms with Crippen molar-refractivity contribution in [2.45, 2.75) is 13.0 Å². The van der Waals surface area contributed by atoms with Gasteiger partial charge < -0.3 is 4.74 Å². The maximum absolute atomic E-state index is 12.3. The molecule has 132 valence electrons. The predicted molar refractivity (Wildman–Crippen MR) is 105 cm³/mol. The molecule has 0 spiro atoms. The van der Waals surface area contributed by atoms with Crippen molar-refractivity contribution in [3.63, 3.8) is 0 Å². The van der Waals surface area contributed by atoms with Gasteiger partial charge in [0.15, 0.2) is 11.2 Å². The van der Waals surface area contributed by atoms with Crippen LogP contribution in [0.2, 0.25) is 0 Å².